The molecule has 2 heterocycles. The van der Waals surface area contributed by atoms with Crippen LogP contribution in [0.3, 0.4) is 0 Å². The molecular formula is C27H22FN7O. The van der Waals surface area contributed by atoms with Crippen LogP contribution in [-0.2, 0) is 0 Å². The Bertz CT molecular complexity index is 1560. The van der Waals surface area contributed by atoms with Crippen LogP contribution in [-0.4, -0.2) is 26.0 Å². The predicted octanol–water partition coefficient (Wildman–Crippen LogP) is 6.23. The van der Waals surface area contributed by atoms with Crippen molar-refractivity contribution in [2.75, 3.05) is 16.0 Å². The van der Waals surface area contributed by atoms with Gasteiger partial charge in [0.2, 0.25) is 5.95 Å². The topological polar surface area (TPSA) is 105 Å². The van der Waals surface area contributed by atoms with Gasteiger partial charge in [-0.05, 0) is 62.4 Å². The zero-order chi connectivity index (χ0) is 25.1. The SMILES string of the molecule is Cc1nc2ccc(-c3nc(Nc4ccc(NC(=O)Nc5ccccc5)cc4)ncc3F)cc2nc1C. The quantitative estimate of drug-likeness (QED) is 0.276. The van der Waals surface area contributed by atoms with Gasteiger partial charge in [-0.3, -0.25) is 0 Å². The number of aromatic nitrogens is 4. The summed E-state index contributed by atoms with van der Waals surface area (Å²) in [6.45, 7) is 3.79. The van der Waals surface area contributed by atoms with Gasteiger partial charge in [-0.1, -0.05) is 24.3 Å². The van der Waals surface area contributed by atoms with E-state index in [4.69, 9.17) is 0 Å². The Kier molecular flexibility index (Phi) is 6.19. The minimum absolute atomic E-state index is 0.158. The van der Waals surface area contributed by atoms with Gasteiger partial charge in [0.25, 0.3) is 0 Å². The number of carbonyl (C=O) groups excluding carboxylic acids is 1. The summed E-state index contributed by atoms with van der Waals surface area (Å²) in [5, 5.41) is 8.60. The highest BCUT2D eigenvalue weighted by molar-refractivity contribution is 5.99. The van der Waals surface area contributed by atoms with Gasteiger partial charge in [-0.15, -0.1) is 0 Å². The predicted molar refractivity (Wildman–Crippen MR) is 139 cm³/mol. The molecular weight excluding hydrogens is 457 g/mol. The van der Waals surface area contributed by atoms with Crippen LogP contribution in [0.25, 0.3) is 22.3 Å². The highest BCUT2D eigenvalue weighted by Crippen LogP contribution is 2.26. The van der Waals surface area contributed by atoms with Gasteiger partial charge in [-0.2, -0.15) is 0 Å². The molecule has 0 unspecified atom stereocenters. The molecule has 2 amide bonds. The van der Waals surface area contributed by atoms with E-state index < -0.39 is 5.82 Å². The molecule has 2 aromatic heterocycles. The minimum atomic E-state index is -0.541. The highest BCUT2D eigenvalue weighted by Gasteiger charge is 2.12. The van der Waals surface area contributed by atoms with E-state index in [1.165, 1.54) is 0 Å². The maximum atomic E-state index is 14.6. The second kappa shape index (κ2) is 9.75. The number of fused-ring (bicyclic) bond motifs is 1. The number of anilines is 4. The minimum Gasteiger partial charge on any atom is -0.324 e. The van der Waals surface area contributed by atoms with Crippen molar-refractivity contribution in [3.05, 3.63) is 96.2 Å². The molecule has 0 saturated heterocycles. The maximum absolute atomic E-state index is 14.6. The lowest BCUT2D eigenvalue weighted by Gasteiger charge is -2.10. The number of nitrogens with zero attached hydrogens (tertiary/aromatic N) is 4. The summed E-state index contributed by atoms with van der Waals surface area (Å²) in [6, 6.07) is 21.2. The van der Waals surface area contributed by atoms with Crippen LogP contribution >= 0.6 is 0 Å². The van der Waals surface area contributed by atoms with Crippen molar-refractivity contribution in [2.24, 2.45) is 0 Å². The molecule has 36 heavy (non-hydrogen) atoms. The molecule has 0 saturated carbocycles. The Morgan fingerprint density at radius 3 is 2.11 bits per heavy atom. The summed E-state index contributed by atoms with van der Waals surface area (Å²) in [7, 11) is 0. The molecule has 0 aliphatic rings. The van der Waals surface area contributed by atoms with Crippen molar-refractivity contribution in [1.29, 1.82) is 0 Å². The molecule has 178 valence electrons. The second-order valence-corrected chi connectivity index (χ2v) is 8.14. The summed E-state index contributed by atoms with van der Waals surface area (Å²) in [5.41, 5.74) is 5.80. The zero-order valence-corrected chi connectivity index (χ0v) is 19.6. The molecule has 5 rings (SSSR count). The Balaban J connectivity index is 1.31. The fourth-order valence-corrected chi connectivity index (χ4v) is 3.59. The standard InChI is InChI=1S/C27H22FN7O/c1-16-17(2)31-24-14-18(8-13-23(24)30-16)25-22(28)15-29-26(35-25)32-20-9-11-21(12-10-20)34-27(36)33-19-6-4-3-5-7-19/h3-15H,1-2H3,(H,29,32,35)(H2,33,34,36). The lowest BCUT2D eigenvalue weighted by atomic mass is 10.1. The molecule has 8 nitrogen and oxygen atoms in total. The van der Waals surface area contributed by atoms with Crippen molar-refractivity contribution in [3.63, 3.8) is 0 Å². The summed E-state index contributed by atoms with van der Waals surface area (Å²) in [6.07, 6.45) is 1.13. The molecule has 0 bridgehead atoms. The van der Waals surface area contributed by atoms with Crippen LogP contribution in [0.5, 0.6) is 0 Å². The van der Waals surface area contributed by atoms with Gasteiger partial charge in [0.1, 0.15) is 5.69 Å². The van der Waals surface area contributed by atoms with E-state index in [9.17, 15) is 9.18 Å². The maximum Gasteiger partial charge on any atom is 0.323 e. The van der Waals surface area contributed by atoms with Crippen LogP contribution in [0.4, 0.5) is 32.2 Å². The molecule has 3 aromatic carbocycles. The van der Waals surface area contributed by atoms with Gasteiger partial charge in [-0.25, -0.2) is 29.1 Å². The van der Waals surface area contributed by atoms with E-state index in [1.807, 2.05) is 32.0 Å². The van der Waals surface area contributed by atoms with E-state index in [0.717, 1.165) is 23.1 Å². The first kappa shape index (κ1) is 22.9. The number of benzene rings is 3. The van der Waals surface area contributed by atoms with Gasteiger partial charge >= 0.3 is 6.03 Å². The average molecular weight is 480 g/mol. The van der Waals surface area contributed by atoms with E-state index in [-0.39, 0.29) is 17.7 Å². The second-order valence-electron chi connectivity index (χ2n) is 8.14. The number of hydrogen-bond donors (Lipinski definition) is 3. The van der Waals surface area contributed by atoms with Crippen LogP contribution in [0.1, 0.15) is 11.4 Å². The number of amides is 2. The van der Waals surface area contributed by atoms with E-state index in [2.05, 4.69) is 35.9 Å². The summed E-state index contributed by atoms with van der Waals surface area (Å²) in [5.74, 6) is -0.305. The first-order chi connectivity index (χ1) is 17.4. The number of urea groups is 1. The van der Waals surface area contributed by atoms with Gasteiger partial charge in [0, 0.05) is 22.6 Å². The Morgan fingerprint density at radius 1 is 0.750 bits per heavy atom. The van der Waals surface area contributed by atoms with Crippen molar-refractivity contribution in [2.45, 2.75) is 13.8 Å². The lowest BCUT2D eigenvalue weighted by molar-refractivity contribution is 0.262. The van der Waals surface area contributed by atoms with Crippen molar-refractivity contribution in [3.8, 4) is 11.3 Å². The number of para-hydroxylation sites is 1. The number of aryl methyl sites for hydroxylation is 2. The molecule has 9 heteroatoms. The number of rotatable bonds is 5. The lowest BCUT2D eigenvalue weighted by Crippen LogP contribution is -2.19. The molecule has 0 aliphatic heterocycles. The van der Waals surface area contributed by atoms with Crippen LogP contribution in [0.15, 0.2) is 79.0 Å². The van der Waals surface area contributed by atoms with E-state index >= 15 is 0 Å². The number of carbonyl (C=O) groups is 1. The van der Waals surface area contributed by atoms with Crippen LogP contribution < -0.4 is 16.0 Å². The van der Waals surface area contributed by atoms with Crippen molar-refractivity contribution in [1.82, 2.24) is 19.9 Å². The summed E-state index contributed by atoms with van der Waals surface area (Å²) >= 11 is 0. The van der Waals surface area contributed by atoms with Gasteiger partial charge in [0.15, 0.2) is 5.82 Å². The third-order valence-electron chi connectivity index (χ3n) is 5.52. The van der Waals surface area contributed by atoms with E-state index in [1.54, 1.807) is 54.6 Å². The first-order valence-corrected chi connectivity index (χ1v) is 11.2. The smallest absolute Gasteiger partial charge is 0.323 e. The first-order valence-electron chi connectivity index (χ1n) is 11.2. The molecule has 0 atom stereocenters. The largest absolute Gasteiger partial charge is 0.324 e. The van der Waals surface area contributed by atoms with Crippen LogP contribution in [0.2, 0.25) is 0 Å². The molecule has 0 aliphatic carbocycles. The van der Waals surface area contributed by atoms with Crippen LogP contribution in [0, 0.1) is 19.7 Å². The fraction of sp³-hybridized carbons (Fsp3) is 0.0741. The number of nitrogens with one attached hydrogen (secondary N) is 3. The molecule has 0 fully saturated rings. The molecule has 3 N–H and O–H groups in total. The molecule has 5 aromatic rings. The van der Waals surface area contributed by atoms with E-state index in [0.29, 0.717) is 28.1 Å². The Labute approximate surface area is 206 Å². The summed E-state index contributed by atoms with van der Waals surface area (Å²) in [4.78, 5) is 29.7. The number of halogens is 1. The Hall–Kier alpha value is -4.92. The zero-order valence-electron chi connectivity index (χ0n) is 19.6. The third-order valence-corrected chi connectivity index (χ3v) is 5.52. The third kappa shape index (κ3) is 5.10. The van der Waals surface area contributed by atoms with Gasteiger partial charge < -0.3 is 16.0 Å². The monoisotopic (exact) mass is 479 g/mol. The summed E-state index contributed by atoms with van der Waals surface area (Å²) < 4.78 is 14.6. The average Bonchev–Trinajstić information content (AvgIpc) is 2.87. The van der Waals surface area contributed by atoms with Crippen molar-refractivity contribution >= 4 is 40.1 Å². The Morgan fingerprint density at radius 2 is 1.39 bits per heavy atom. The highest BCUT2D eigenvalue weighted by atomic mass is 19.1. The normalized spacial score (nSPS) is 10.8. The molecule has 0 radical (unpaired) electrons. The fourth-order valence-electron chi connectivity index (χ4n) is 3.59. The van der Waals surface area contributed by atoms with Gasteiger partial charge in [0.05, 0.1) is 28.6 Å². The number of hydrogen-bond acceptors (Lipinski definition) is 6. The molecule has 0 spiro atoms. The van der Waals surface area contributed by atoms with Crippen molar-refractivity contribution < 1.29 is 9.18 Å².